The van der Waals surface area contributed by atoms with Crippen molar-refractivity contribution in [3.63, 3.8) is 0 Å². The minimum atomic E-state index is -4.94. The molecule has 190 valence electrons. The number of aromatic nitrogens is 2. The largest absolute Gasteiger partial charge is 0.407 e. The summed E-state index contributed by atoms with van der Waals surface area (Å²) in [5.41, 5.74) is -1.49. The van der Waals surface area contributed by atoms with Crippen molar-refractivity contribution in [2.75, 3.05) is 5.75 Å². The zero-order valence-electron chi connectivity index (χ0n) is 18.4. The van der Waals surface area contributed by atoms with E-state index in [0.717, 1.165) is 35.8 Å². The van der Waals surface area contributed by atoms with Crippen LogP contribution >= 0.6 is 11.5 Å². The first kappa shape index (κ1) is 25.9. The van der Waals surface area contributed by atoms with Gasteiger partial charge in [-0.25, -0.2) is 17.8 Å². The van der Waals surface area contributed by atoms with E-state index < -0.39 is 62.4 Å². The summed E-state index contributed by atoms with van der Waals surface area (Å²) in [4.78, 5) is 17.6. The lowest BCUT2D eigenvalue weighted by Gasteiger charge is -2.28. The zero-order valence-corrected chi connectivity index (χ0v) is 20.1. The highest BCUT2D eigenvalue weighted by Gasteiger charge is 2.48. The van der Waals surface area contributed by atoms with Crippen LogP contribution in [-0.2, 0) is 20.4 Å². The van der Waals surface area contributed by atoms with E-state index in [-0.39, 0.29) is 5.69 Å². The molecule has 0 bridgehead atoms. The number of pyridine rings is 1. The van der Waals surface area contributed by atoms with Gasteiger partial charge in [-0.05, 0) is 54.2 Å². The summed E-state index contributed by atoms with van der Waals surface area (Å²) in [5.74, 6) is -3.43. The average Bonchev–Trinajstić information content (AvgIpc) is 3.41. The van der Waals surface area contributed by atoms with Crippen molar-refractivity contribution in [2.24, 2.45) is 0 Å². The van der Waals surface area contributed by atoms with Gasteiger partial charge in [0.25, 0.3) is 0 Å². The number of amides is 1. The lowest BCUT2D eigenvalue weighted by molar-refractivity contribution is -0.160. The molecule has 2 atom stereocenters. The van der Waals surface area contributed by atoms with Crippen molar-refractivity contribution in [1.29, 1.82) is 5.26 Å². The second-order valence-corrected chi connectivity index (χ2v) is 11.4. The molecule has 4 rings (SSSR count). The van der Waals surface area contributed by atoms with Crippen molar-refractivity contribution in [3.05, 3.63) is 59.7 Å². The summed E-state index contributed by atoms with van der Waals surface area (Å²) >= 11 is 1.06. The maximum atomic E-state index is 13.9. The summed E-state index contributed by atoms with van der Waals surface area (Å²) in [6.45, 7) is 0. The second kappa shape index (κ2) is 9.72. The summed E-state index contributed by atoms with van der Waals surface area (Å²) in [6, 6.07) is 4.11. The second-order valence-electron chi connectivity index (χ2n) is 8.51. The predicted octanol–water partition coefficient (Wildman–Crippen LogP) is 3.18. The van der Waals surface area contributed by atoms with Crippen LogP contribution in [0.15, 0.2) is 42.6 Å². The SMILES string of the molecule is N#CC1(NC(=O)[C@H](CS(=O)(=O)Cc2ccc3cnsc3n2)N[C@@H](c2ccc(F)cc2)C(F)(F)F)CC1. The number of alkyl halides is 3. The molecule has 0 unspecified atom stereocenters. The van der Waals surface area contributed by atoms with Gasteiger partial charge in [0.2, 0.25) is 5.91 Å². The Kier molecular flexibility index (Phi) is 7.00. The fourth-order valence-electron chi connectivity index (χ4n) is 3.56. The third-order valence-electron chi connectivity index (χ3n) is 5.61. The monoisotopic (exact) mass is 541 g/mol. The number of hydrogen-bond acceptors (Lipinski definition) is 8. The molecular formula is C22H19F4N5O3S2. The molecule has 1 aliphatic rings. The molecule has 1 saturated carbocycles. The quantitative estimate of drug-likeness (QED) is 0.399. The standard InChI is InChI=1S/C22H19F4N5O3S2/c23-15-4-1-13(2-5-15)18(22(24,25)26)30-17(19(32)31-21(12-27)7-8-21)11-36(33,34)10-16-6-3-14-9-28-35-20(14)29-16/h1-6,9,17-18,30H,7-8,10-11H2,(H,31,32)/t17-,18-/m0/s1. The van der Waals surface area contributed by atoms with E-state index in [2.05, 4.69) is 20.0 Å². The number of benzene rings is 1. The third kappa shape index (κ3) is 6.15. The molecule has 36 heavy (non-hydrogen) atoms. The Balaban J connectivity index is 1.61. The Bertz CT molecular complexity index is 1410. The molecule has 0 saturated heterocycles. The van der Waals surface area contributed by atoms with Gasteiger partial charge in [0.05, 0.1) is 29.5 Å². The lowest BCUT2D eigenvalue weighted by atomic mass is 10.0. The predicted molar refractivity (Wildman–Crippen MR) is 123 cm³/mol. The molecule has 3 aromatic rings. The van der Waals surface area contributed by atoms with E-state index in [1.807, 2.05) is 6.07 Å². The summed E-state index contributed by atoms with van der Waals surface area (Å²) in [7, 11) is -4.16. The zero-order chi connectivity index (χ0) is 26.1. The van der Waals surface area contributed by atoms with Crippen molar-refractivity contribution in [2.45, 2.75) is 42.4 Å². The number of sulfone groups is 1. The average molecular weight is 542 g/mol. The first-order valence-corrected chi connectivity index (χ1v) is 13.2. The van der Waals surface area contributed by atoms with Gasteiger partial charge in [-0.1, -0.05) is 12.1 Å². The highest BCUT2D eigenvalue weighted by molar-refractivity contribution is 7.90. The number of fused-ring (bicyclic) bond motifs is 1. The molecule has 14 heteroatoms. The Morgan fingerprint density at radius 1 is 1.19 bits per heavy atom. The molecule has 1 aromatic carbocycles. The van der Waals surface area contributed by atoms with E-state index in [1.54, 1.807) is 12.3 Å². The molecule has 0 spiro atoms. The molecule has 1 amide bonds. The first-order valence-electron chi connectivity index (χ1n) is 10.6. The minimum absolute atomic E-state index is 0.146. The van der Waals surface area contributed by atoms with Crippen LogP contribution in [0.2, 0.25) is 0 Å². The Morgan fingerprint density at radius 2 is 1.89 bits per heavy atom. The number of rotatable bonds is 9. The fraction of sp³-hybridized carbons (Fsp3) is 0.364. The van der Waals surface area contributed by atoms with E-state index in [4.69, 9.17) is 0 Å². The molecule has 1 fully saturated rings. The Labute approximate surface area is 207 Å². The van der Waals surface area contributed by atoms with Gasteiger partial charge in [-0.3, -0.25) is 10.1 Å². The van der Waals surface area contributed by atoms with Gasteiger partial charge in [0, 0.05) is 5.39 Å². The maximum absolute atomic E-state index is 13.9. The molecule has 2 aromatic heterocycles. The number of carbonyl (C=O) groups excluding carboxylic acids is 1. The van der Waals surface area contributed by atoms with E-state index in [9.17, 15) is 36.0 Å². The van der Waals surface area contributed by atoms with Gasteiger partial charge in [-0.2, -0.15) is 22.8 Å². The smallest absolute Gasteiger partial charge is 0.336 e. The number of carbonyl (C=O) groups is 1. The van der Waals surface area contributed by atoms with Gasteiger partial charge < -0.3 is 5.32 Å². The molecule has 8 nitrogen and oxygen atoms in total. The summed E-state index contributed by atoms with van der Waals surface area (Å²) < 4.78 is 85.0. The number of nitrogens with zero attached hydrogens (tertiary/aromatic N) is 3. The highest BCUT2D eigenvalue weighted by atomic mass is 32.2. The lowest BCUT2D eigenvalue weighted by Crippen LogP contribution is -2.54. The van der Waals surface area contributed by atoms with Crippen LogP contribution in [0.5, 0.6) is 0 Å². The van der Waals surface area contributed by atoms with Crippen LogP contribution in [-0.4, -0.2) is 47.2 Å². The molecule has 2 N–H and O–H groups in total. The third-order valence-corrected chi connectivity index (χ3v) is 7.90. The van der Waals surface area contributed by atoms with E-state index in [1.165, 1.54) is 6.07 Å². The first-order chi connectivity index (χ1) is 16.9. The number of halogens is 4. The van der Waals surface area contributed by atoms with Gasteiger partial charge in [-0.15, -0.1) is 0 Å². The topological polar surface area (TPSA) is 125 Å². The van der Waals surface area contributed by atoms with Gasteiger partial charge in [0.1, 0.15) is 28.3 Å². The normalized spacial score (nSPS) is 16.8. The minimum Gasteiger partial charge on any atom is -0.336 e. The molecule has 1 aliphatic carbocycles. The van der Waals surface area contributed by atoms with Crippen LogP contribution < -0.4 is 10.6 Å². The fourth-order valence-corrected chi connectivity index (χ4v) is 5.70. The molecular weight excluding hydrogens is 522 g/mol. The van der Waals surface area contributed by atoms with Gasteiger partial charge >= 0.3 is 6.18 Å². The van der Waals surface area contributed by atoms with Gasteiger partial charge in [0.15, 0.2) is 9.84 Å². The summed E-state index contributed by atoms with van der Waals surface area (Å²) in [6.07, 6.45) is -2.78. The van der Waals surface area contributed by atoms with Crippen LogP contribution in [0.1, 0.15) is 30.1 Å². The number of nitriles is 1. The van der Waals surface area contributed by atoms with Crippen molar-refractivity contribution >= 4 is 37.5 Å². The van der Waals surface area contributed by atoms with Crippen LogP contribution in [0, 0.1) is 17.1 Å². The van der Waals surface area contributed by atoms with Crippen LogP contribution in [0.4, 0.5) is 17.6 Å². The highest BCUT2D eigenvalue weighted by Crippen LogP contribution is 2.36. The van der Waals surface area contributed by atoms with Crippen LogP contribution in [0.3, 0.4) is 0 Å². The van der Waals surface area contributed by atoms with Crippen molar-refractivity contribution < 1.29 is 30.8 Å². The van der Waals surface area contributed by atoms with E-state index in [0.29, 0.717) is 23.1 Å². The van der Waals surface area contributed by atoms with E-state index >= 15 is 0 Å². The molecule has 0 aliphatic heterocycles. The number of hydrogen-bond donors (Lipinski definition) is 2. The van der Waals surface area contributed by atoms with Crippen molar-refractivity contribution in [1.82, 2.24) is 20.0 Å². The van der Waals surface area contributed by atoms with Crippen LogP contribution in [0.25, 0.3) is 10.2 Å². The Hall–Kier alpha value is -3.15. The van der Waals surface area contributed by atoms with Crippen molar-refractivity contribution in [3.8, 4) is 6.07 Å². The Morgan fingerprint density at radius 3 is 2.50 bits per heavy atom. The number of nitrogens with one attached hydrogen (secondary N) is 2. The molecule has 2 heterocycles. The molecule has 0 radical (unpaired) electrons. The maximum Gasteiger partial charge on any atom is 0.407 e. The summed E-state index contributed by atoms with van der Waals surface area (Å²) in [5, 5.41) is 14.4.